The van der Waals surface area contributed by atoms with E-state index in [-0.39, 0.29) is 11.8 Å². The highest BCUT2D eigenvalue weighted by Crippen LogP contribution is 2.26. The molecule has 0 spiro atoms. The van der Waals surface area contributed by atoms with Crippen LogP contribution < -0.4 is 5.32 Å². The first-order valence-electron chi connectivity index (χ1n) is 7.91. The highest BCUT2D eigenvalue weighted by molar-refractivity contribution is 7.99. The molecule has 3 rings (SSSR count). The van der Waals surface area contributed by atoms with E-state index in [0.717, 1.165) is 10.5 Å². The molecule has 1 N–H and O–H groups in total. The van der Waals surface area contributed by atoms with Crippen molar-refractivity contribution in [1.29, 1.82) is 0 Å². The molecule has 6 nitrogen and oxygen atoms in total. The summed E-state index contributed by atoms with van der Waals surface area (Å²) in [6.45, 7) is 6.97. The number of nitrogens with zero attached hydrogens (tertiary/aromatic N) is 4. The molecule has 2 aromatic heterocycles. The van der Waals surface area contributed by atoms with Crippen LogP contribution in [0.4, 0.5) is 0 Å². The van der Waals surface area contributed by atoms with E-state index >= 15 is 0 Å². The number of aromatic nitrogens is 4. The van der Waals surface area contributed by atoms with Crippen molar-refractivity contribution < 1.29 is 4.79 Å². The molecule has 1 unspecified atom stereocenters. The van der Waals surface area contributed by atoms with Gasteiger partial charge in [0.1, 0.15) is 6.33 Å². The molecule has 0 bridgehead atoms. The molecule has 8 heteroatoms. The van der Waals surface area contributed by atoms with Crippen molar-refractivity contribution in [3.05, 3.63) is 48.3 Å². The maximum absolute atomic E-state index is 12.1. The summed E-state index contributed by atoms with van der Waals surface area (Å²) in [5, 5.41) is 12.6. The molecule has 0 fully saturated rings. The van der Waals surface area contributed by atoms with Gasteiger partial charge in [-0.3, -0.25) is 4.79 Å². The first-order valence-corrected chi connectivity index (χ1v) is 9.71. The monoisotopic (exact) mass is 373 g/mol. The minimum absolute atomic E-state index is 0.0221. The number of rotatable bonds is 8. The molecule has 0 aliphatic rings. The number of hydrogen-bond donors (Lipinski definition) is 1. The molecule has 3 aromatic rings. The Kier molecular flexibility index (Phi) is 5.83. The van der Waals surface area contributed by atoms with Crippen molar-refractivity contribution in [2.75, 3.05) is 12.3 Å². The van der Waals surface area contributed by atoms with Crippen molar-refractivity contribution in [1.82, 2.24) is 25.1 Å². The van der Waals surface area contributed by atoms with Gasteiger partial charge in [0.15, 0.2) is 5.16 Å². The van der Waals surface area contributed by atoms with Crippen LogP contribution >= 0.6 is 23.1 Å². The summed E-state index contributed by atoms with van der Waals surface area (Å²) < 4.78 is 3.03. The van der Waals surface area contributed by atoms with Gasteiger partial charge >= 0.3 is 0 Å². The van der Waals surface area contributed by atoms with Crippen LogP contribution in [0.15, 0.2) is 48.4 Å². The van der Waals surface area contributed by atoms with E-state index in [2.05, 4.69) is 40.1 Å². The Morgan fingerprint density at radius 2 is 2.32 bits per heavy atom. The molecule has 25 heavy (non-hydrogen) atoms. The number of benzene rings is 1. The van der Waals surface area contributed by atoms with Crippen LogP contribution in [0.5, 0.6) is 0 Å². The van der Waals surface area contributed by atoms with Crippen LogP contribution in [-0.4, -0.2) is 38.0 Å². The second kappa shape index (κ2) is 8.26. The zero-order chi connectivity index (χ0) is 17.6. The lowest BCUT2D eigenvalue weighted by atomic mass is 10.2. The third kappa shape index (κ3) is 4.46. The average Bonchev–Trinajstić information content (AvgIpc) is 3.24. The minimum atomic E-state index is -0.0221. The van der Waals surface area contributed by atoms with Gasteiger partial charge in [0.05, 0.1) is 21.0 Å². The fraction of sp³-hybridized carbons (Fsp3) is 0.294. The number of fused-ring (bicyclic) bond motifs is 1. The van der Waals surface area contributed by atoms with E-state index < -0.39 is 0 Å². The number of carbonyl (C=O) groups is 1. The van der Waals surface area contributed by atoms with Crippen LogP contribution in [0.3, 0.4) is 0 Å². The molecule has 0 aliphatic heterocycles. The number of hydrogen-bond acceptors (Lipinski definition) is 6. The number of nitrogens with one attached hydrogen (secondary N) is 1. The van der Waals surface area contributed by atoms with E-state index in [1.54, 1.807) is 23.7 Å². The summed E-state index contributed by atoms with van der Waals surface area (Å²) in [6, 6.07) is 8.08. The molecule has 2 heterocycles. The number of para-hydroxylation sites is 1. The highest BCUT2D eigenvalue weighted by Gasteiger charge is 2.13. The van der Waals surface area contributed by atoms with Gasteiger partial charge in [-0.1, -0.05) is 36.9 Å². The van der Waals surface area contributed by atoms with Gasteiger partial charge in [0.2, 0.25) is 5.91 Å². The molecule has 0 saturated carbocycles. The Labute approximate surface area is 154 Å². The molecule has 0 aliphatic carbocycles. The predicted molar refractivity (Wildman–Crippen MR) is 102 cm³/mol. The number of amides is 1. The van der Waals surface area contributed by atoms with E-state index in [9.17, 15) is 4.79 Å². The first kappa shape index (κ1) is 17.6. The Hall–Kier alpha value is -2.19. The number of thiazole rings is 1. The average molecular weight is 374 g/mol. The van der Waals surface area contributed by atoms with Gasteiger partial charge in [0, 0.05) is 19.0 Å². The van der Waals surface area contributed by atoms with Gasteiger partial charge in [-0.15, -0.1) is 28.1 Å². The zero-order valence-electron chi connectivity index (χ0n) is 13.9. The smallest absolute Gasteiger partial charge is 0.230 e. The third-order valence-corrected chi connectivity index (χ3v) is 5.82. The Morgan fingerprint density at radius 3 is 3.12 bits per heavy atom. The number of thioether (sulfide) groups is 1. The molecular weight excluding hydrogens is 354 g/mol. The molecular formula is C17H19N5OS2. The van der Waals surface area contributed by atoms with Crippen molar-refractivity contribution in [3.8, 4) is 0 Å². The van der Waals surface area contributed by atoms with Crippen LogP contribution in [0.25, 0.3) is 10.2 Å². The summed E-state index contributed by atoms with van der Waals surface area (Å²) in [5.74, 6) is 0.462. The van der Waals surface area contributed by atoms with E-state index in [1.165, 1.54) is 16.5 Å². The Bertz CT molecular complexity index is 840. The molecule has 130 valence electrons. The highest BCUT2D eigenvalue weighted by atomic mass is 32.2. The van der Waals surface area contributed by atoms with E-state index in [4.69, 9.17) is 0 Å². The summed E-state index contributed by atoms with van der Waals surface area (Å²) in [6.07, 6.45) is 3.41. The lowest BCUT2D eigenvalue weighted by molar-refractivity contribution is -0.118. The maximum atomic E-state index is 12.1. The number of carbonyl (C=O) groups excluding carboxylic acids is 1. The number of allylic oxidation sites excluding steroid dienone is 1. The van der Waals surface area contributed by atoms with Crippen LogP contribution in [0, 0.1) is 0 Å². The summed E-state index contributed by atoms with van der Waals surface area (Å²) >= 11 is 3.05. The first-order chi connectivity index (χ1) is 12.2. The van der Waals surface area contributed by atoms with Crippen LogP contribution in [-0.2, 0) is 11.3 Å². The molecule has 0 radical (unpaired) electrons. The van der Waals surface area contributed by atoms with Gasteiger partial charge in [-0.05, 0) is 12.1 Å². The fourth-order valence-electron chi connectivity index (χ4n) is 2.26. The standard InChI is InChI=1S/C17H19N5OS2/c1-3-8-22-11-19-21-17(22)24-10-15(23)18-9-12(2)16-20-13-6-4-5-7-14(13)25-16/h3-7,11-12H,1,8-10H2,2H3,(H,18,23). The van der Waals surface area contributed by atoms with Crippen molar-refractivity contribution >= 4 is 39.2 Å². The summed E-state index contributed by atoms with van der Waals surface area (Å²) in [7, 11) is 0. The van der Waals surface area contributed by atoms with Gasteiger partial charge in [-0.25, -0.2) is 4.98 Å². The maximum Gasteiger partial charge on any atom is 0.230 e. The summed E-state index contributed by atoms with van der Waals surface area (Å²) in [5.41, 5.74) is 1.01. The predicted octanol–water partition coefficient (Wildman–Crippen LogP) is 3.09. The zero-order valence-corrected chi connectivity index (χ0v) is 15.5. The Morgan fingerprint density at radius 1 is 1.48 bits per heavy atom. The molecule has 0 saturated heterocycles. The van der Waals surface area contributed by atoms with Crippen LogP contribution in [0.1, 0.15) is 17.8 Å². The molecule has 1 amide bonds. The summed E-state index contributed by atoms with van der Waals surface area (Å²) in [4.78, 5) is 16.7. The quantitative estimate of drug-likeness (QED) is 0.485. The van der Waals surface area contributed by atoms with Crippen molar-refractivity contribution in [2.45, 2.75) is 24.5 Å². The Balaban J connectivity index is 1.49. The largest absolute Gasteiger partial charge is 0.355 e. The van der Waals surface area contributed by atoms with Gasteiger partial charge in [-0.2, -0.15) is 0 Å². The normalized spacial score (nSPS) is 12.2. The lowest BCUT2D eigenvalue weighted by Crippen LogP contribution is -2.29. The molecule has 1 aromatic carbocycles. The lowest BCUT2D eigenvalue weighted by Gasteiger charge is -2.10. The van der Waals surface area contributed by atoms with E-state index in [1.807, 2.05) is 22.8 Å². The second-order valence-corrected chi connectivity index (χ2v) is 7.57. The van der Waals surface area contributed by atoms with Gasteiger partial charge < -0.3 is 9.88 Å². The SMILES string of the molecule is C=CCn1cnnc1SCC(=O)NCC(C)c1nc2ccccc2s1. The van der Waals surface area contributed by atoms with Crippen molar-refractivity contribution in [3.63, 3.8) is 0 Å². The molecule has 1 atom stereocenters. The van der Waals surface area contributed by atoms with E-state index in [0.29, 0.717) is 24.0 Å². The van der Waals surface area contributed by atoms with Gasteiger partial charge in [0.25, 0.3) is 0 Å². The third-order valence-electron chi connectivity index (χ3n) is 3.58. The minimum Gasteiger partial charge on any atom is -0.355 e. The van der Waals surface area contributed by atoms with Crippen molar-refractivity contribution in [2.24, 2.45) is 0 Å². The fourth-order valence-corrected chi connectivity index (χ4v) is 4.03. The second-order valence-electron chi connectivity index (χ2n) is 5.57. The topological polar surface area (TPSA) is 72.7 Å². The van der Waals surface area contributed by atoms with Crippen LogP contribution in [0.2, 0.25) is 0 Å².